The molecule has 0 saturated heterocycles. The molecule has 1 nitrogen and oxygen atoms in total. The van der Waals surface area contributed by atoms with E-state index in [1.54, 1.807) is 5.20 Å². The van der Waals surface area contributed by atoms with Gasteiger partial charge in [-0.15, -0.1) is 0 Å². The van der Waals surface area contributed by atoms with Crippen LogP contribution in [-0.4, -0.2) is 24.2 Å². The summed E-state index contributed by atoms with van der Waals surface area (Å²) in [5, 5.41) is 3.49. The number of rotatable bonds is 3. The second kappa shape index (κ2) is 4.99. The smallest absolute Gasteiger partial charge is 0.0798 e. The third kappa shape index (κ3) is 3.22. The predicted octanol–water partition coefficient (Wildman–Crippen LogP) is 5.38. The van der Waals surface area contributed by atoms with Crippen molar-refractivity contribution in [3.05, 3.63) is 22.2 Å². The van der Waals surface area contributed by atoms with Gasteiger partial charge in [-0.3, -0.25) is 0 Å². The van der Waals surface area contributed by atoms with Gasteiger partial charge in [0.05, 0.1) is 24.2 Å². The van der Waals surface area contributed by atoms with Gasteiger partial charge in [-0.2, -0.15) is 0 Å². The fourth-order valence-corrected chi connectivity index (χ4v) is 8.11. The first-order chi connectivity index (χ1) is 8.61. The van der Waals surface area contributed by atoms with Crippen molar-refractivity contribution in [1.82, 2.24) is 0 Å². The van der Waals surface area contributed by atoms with Gasteiger partial charge >= 0.3 is 0 Å². The number of nitrogens with two attached hydrogens (primary N) is 1. The first-order valence-electron chi connectivity index (χ1n) is 7.82. The molecule has 0 aliphatic heterocycles. The zero-order chi connectivity index (χ0) is 16.1. The van der Waals surface area contributed by atoms with E-state index in [1.165, 1.54) is 17.3 Å². The Morgan fingerprint density at radius 1 is 0.900 bits per heavy atom. The van der Waals surface area contributed by atoms with Gasteiger partial charge in [0, 0.05) is 10.7 Å². The van der Waals surface area contributed by atoms with E-state index < -0.39 is 24.2 Å². The molecule has 0 spiro atoms. The highest BCUT2D eigenvalue weighted by molar-refractivity contribution is 6.87. The Bertz CT molecular complexity index is 456. The van der Waals surface area contributed by atoms with Gasteiger partial charge in [0.1, 0.15) is 0 Å². The first-order valence-corrected chi connectivity index (χ1v) is 18.3. The van der Waals surface area contributed by atoms with E-state index in [-0.39, 0.29) is 5.04 Å². The van der Waals surface area contributed by atoms with Crippen molar-refractivity contribution in [1.29, 1.82) is 0 Å². The minimum atomic E-state index is -1.38. The largest absolute Gasteiger partial charge is 0.402 e. The van der Waals surface area contributed by atoms with E-state index in [2.05, 4.69) is 71.9 Å². The quantitative estimate of drug-likeness (QED) is 0.692. The molecule has 1 unspecified atom stereocenters. The third-order valence-corrected chi connectivity index (χ3v) is 13.2. The number of allylic oxidation sites excluding steroid dienone is 4. The molecule has 1 aliphatic carbocycles. The second-order valence-electron chi connectivity index (χ2n) is 9.76. The van der Waals surface area contributed by atoms with E-state index in [4.69, 9.17) is 5.73 Å². The summed E-state index contributed by atoms with van der Waals surface area (Å²) in [4.78, 5) is 0. The summed E-state index contributed by atoms with van der Waals surface area (Å²) in [5.41, 5.74) is 7.99. The molecule has 4 heteroatoms. The average Bonchev–Trinajstić information content (AvgIpc) is 2.16. The highest BCUT2D eigenvalue weighted by Gasteiger charge is 2.47. The summed E-state index contributed by atoms with van der Waals surface area (Å²) in [6.45, 7) is 24.6. The molecule has 0 aromatic rings. The van der Waals surface area contributed by atoms with Gasteiger partial charge in [0.2, 0.25) is 0 Å². The lowest BCUT2D eigenvalue weighted by molar-refractivity contribution is 0.656. The molecule has 0 aromatic heterocycles. The molecular formula is C16H35NSi3. The van der Waals surface area contributed by atoms with Crippen LogP contribution in [-0.2, 0) is 0 Å². The highest BCUT2D eigenvalue weighted by atomic mass is 28.3. The summed E-state index contributed by atoms with van der Waals surface area (Å²) in [6.07, 6.45) is 3.73. The van der Waals surface area contributed by atoms with Crippen molar-refractivity contribution in [2.24, 2.45) is 5.73 Å². The molecule has 20 heavy (non-hydrogen) atoms. The Labute approximate surface area is 129 Å². The van der Waals surface area contributed by atoms with Crippen LogP contribution >= 0.6 is 0 Å². The SMILES string of the molecule is CC1([Si](C)(C)C)CC([Si](C)(C)C)=CC([Si](C)(C)C)=C1N. The monoisotopic (exact) mass is 325 g/mol. The molecule has 1 rings (SSSR count). The van der Waals surface area contributed by atoms with Crippen LogP contribution in [0.2, 0.25) is 64.0 Å². The van der Waals surface area contributed by atoms with Gasteiger partial charge in [-0.1, -0.05) is 77.1 Å². The van der Waals surface area contributed by atoms with Crippen LogP contribution < -0.4 is 5.73 Å². The molecule has 0 radical (unpaired) electrons. The van der Waals surface area contributed by atoms with Crippen LogP contribution in [0.4, 0.5) is 0 Å². The topological polar surface area (TPSA) is 26.0 Å². The van der Waals surface area contributed by atoms with Crippen molar-refractivity contribution in [3.8, 4) is 0 Å². The molecule has 0 aromatic carbocycles. The average molecular weight is 326 g/mol. The molecule has 1 atom stereocenters. The van der Waals surface area contributed by atoms with Crippen LogP contribution in [0.15, 0.2) is 22.2 Å². The minimum absolute atomic E-state index is 0.229. The number of hydrogen-bond acceptors (Lipinski definition) is 1. The summed E-state index contributed by atoms with van der Waals surface area (Å²) in [7, 11) is -4.01. The van der Waals surface area contributed by atoms with E-state index in [0.717, 1.165) is 0 Å². The van der Waals surface area contributed by atoms with Crippen LogP contribution in [0.25, 0.3) is 0 Å². The zero-order valence-corrected chi connectivity index (χ0v) is 18.4. The van der Waals surface area contributed by atoms with E-state index in [9.17, 15) is 0 Å². The first kappa shape index (κ1) is 18.0. The summed E-state index contributed by atoms with van der Waals surface area (Å²) in [6, 6.07) is 0. The maximum absolute atomic E-state index is 6.76. The molecule has 0 bridgehead atoms. The van der Waals surface area contributed by atoms with Gasteiger partial charge in [0.25, 0.3) is 0 Å². The maximum atomic E-state index is 6.76. The fourth-order valence-electron chi connectivity index (χ4n) is 2.85. The van der Waals surface area contributed by atoms with Crippen molar-refractivity contribution in [2.45, 2.75) is 77.3 Å². The van der Waals surface area contributed by atoms with E-state index in [1.807, 2.05) is 0 Å². The molecule has 0 saturated carbocycles. The predicted molar refractivity (Wildman–Crippen MR) is 102 cm³/mol. The summed E-state index contributed by atoms with van der Waals surface area (Å²) >= 11 is 0. The van der Waals surface area contributed by atoms with Crippen LogP contribution in [0.1, 0.15) is 13.3 Å². The molecular weight excluding hydrogens is 290 g/mol. The van der Waals surface area contributed by atoms with Gasteiger partial charge in [-0.25, -0.2) is 0 Å². The van der Waals surface area contributed by atoms with Gasteiger partial charge in [0.15, 0.2) is 0 Å². The zero-order valence-electron chi connectivity index (χ0n) is 15.4. The lowest BCUT2D eigenvalue weighted by atomic mass is 9.97. The Kier molecular flexibility index (Phi) is 4.48. The van der Waals surface area contributed by atoms with Crippen LogP contribution in [0.5, 0.6) is 0 Å². The third-order valence-electron chi connectivity index (χ3n) is 5.17. The van der Waals surface area contributed by atoms with Crippen LogP contribution in [0.3, 0.4) is 0 Å². The van der Waals surface area contributed by atoms with E-state index >= 15 is 0 Å². The molecule has 0 heterocycles. The van der Waals surface area contributed by atoms with Crippen molar-refractivity contribution in [3.63, 3.8) is 0 Å². The molecule has 1 aliphatic rings. The van der Waals surface area contributed by atoms with Crippen molar-refractivity contribution >= 4 is 24.2 Å². The molecule has 0 amide bonds. The number of hydrogen-bond donors (Lipinski definition) is 1. The molecule has 0 fully saturated rings. The lowest BCUT2D eigenvalue weighted by Crippen LogP contribution is -2.47. The maximum Gasteiger partial charge on any atom is 0.0798 e. The molecule has 2 N–H and O–H groups in total. The fraction of sp³-hybridized carbons (Fsp3) is 0.750. The molecule has 116 valence electrons. The van der Waals surface area contributed by atoms with Crippen LogP contribution in [0, 0.1) is 0 Å². The Hall–Kier alpha value is -0.0694. The Morgan fingerprint density at radius 2 is 1.35 bits per heavy atom. The highest BCUT2D eigenvalue weighted by Crippen LogP contribution is 2.53. The Morgan fingerprint density at radius 3 is 1.65 bits per heavy atom. The minimum Gasteiger partial charge on any atom is -0.402 e. The lowest BCUT2D eigenvalue weighted by Gasteiger charge is -2.48. The summed E-state index contributed by atoms with van der Waals surface area (Å²) < 4.78 is 0. The van der Waals surface area contributed by atoms with Gasteiger partial charge < -0.3 is 5.73 Å². The van der Waals surface area contributed by atoms with Crippen molar-refractivity contribution < 1.29 is 0 Å². The van der Waals surface area contributed by atoms with E-state index in [0.29, 0.717) is 0 Å². The second-order valence-corrected chi connectivity index (χ2v) is 25.5. The standard InChI is InChI=1S/C16H35NSi3/c1-16(20(8,9)10)12-13(18(2,3)4)11-14(15(16)17)19(5,6)7/h11H,12,17H2,1-10H3. The Balaban J connectivity index is 3.58. The summed E-state index contributed by atoms with van der Waals surface area (Å²) in [5.74, 6) is 0. The van der Waals surface area contributed by atoms with Gasteiger partial charge in [-0.05, 0) is 11.6 Å². The van der Waals surface area contributed by atoms with Crippen molar-refractivity contribution in [2.75, 3.05) is 0 Å². The normalized spacial score (nSPS) is 25.8.